The maximum atomic E-state index is 12.7. The second-order valence-corrected chi connectivity index (χ2v) is 8.46. The summed E-state index contributed by atoms with van der Waals surface area (Å²) < 4.78 is 11.0. The second kappa shape index (κ2) is 12.5. The van der Waals surface area contributed by atoms with Crippen molar-refractivity contribution in [2.75, 3.05) is 13.2 Å². The van der Waals surface area contributed by atoms with Crippen molar-refractivity contribution < 1.29 is 23.9 Å². The molecule has 4 rings (SSSR count). The first-order valence-electron chi connectivity index (χ1n) is 11.8. The van der Waals surface area contributed by atoms with Crippen LogP contribution < -0.4 is 20.2 Å². The molecule has 9 heteroatoms. The lowest BCUT2D eigenvalue weighted by Crippen LogP contribution is -2.34. The van der Waals surface area contributed by atoms with Crippen LogP contribution in [0.2, 0.25) is 5.02 Å². The number of nitrogens with zero attached hydrogens (tertiary/aromatic N) is 1. The molecule has 0 aliphatic carbocycles. The van der Waals surface area contributed by atoms with Crippen LogP contribution in [0.25, 0.3) is 10.8 Å². The van der Waals surface area contributed by atoms with Crippen LogP contribution in [0.5, 0.6) is 11.5 Å². The monoisotopic (exact) mass is 529 g/mol. The van der Waals surface area contributed by atoms with Gasteiger partial charge in [-0.25, -0.2) is 10.2 Å². The molecule has 0 aromatic heterocycles. The summed E-state index contributed by atoms with van der Waals surface area (Å²) in [6.45, 7) is 2.12. The summed E-state index contributed by atoms with van der Waals surface area (Å²) in [4.78, 5) is 37.3. The summed E-state index contributed by atoms with van der Waals surface area (Å²) in [5, 5.41) is 8.75. The van der Waals surface area contributed by atoms with E-state index in [-0.39, 0.29) is 12.3 Å². The van der Waals surface area contributed by atoms with Crippen LogP contribution in [0.4, 0.5) is 0 Å². The van der Waals surface area contributed by atoms with E-state index < -0.39 is 17.8 Å². The van der Waals surface area contributed by atoms with Crippen molar-refractivity contribution in [2.45, 2.75) is 6.92 Å². The zero-order chi connectivity index (χ0) is 26.9. The Morgan fingerprint density at radius 3 is 2.34 bits per heavy atom. The minimum Gasteiger partial charge on any atom is -0.494 e. The maximum Gasteiger partial charge on any atom is 0.343 e. The molecule has 4 aromatic rings. The van der Waals surface area contributed by atoms with Gasteiger partial charge in [0.1, 0.15) is 11.5 Å². The van der Waals surface area contributed by atoms with Crippen LogP contribution in [0.3, 0.4) is 0 Å². The zero-order valence-electron chi connectivity index (χ0n) is 20.4. The summed E-state index contributed by atoms with van der Waals surface area (Å²) in [5.41, 5.74) is 3.62. The number of hydrogen-bond donors (Lipinski definition) is 2. The van der Waals surface area contributed by atoms with Gasteiger partial charge in [-0.1, -0.05) is 41.9 Å². The number of carbonyl (C=O) groups excluding carboxylic acids is 3. The Kier molecular flexibility index (Phi) is 8.69. The van der Waals surface area contributed by atoms with Crippen LogP contribution in [0, 0.1) is 0 Å². The first-order chi connectivity index (χ1) is 18.4. The first kappa shape index (κ1) is 26.4. The van der Waals surface area contributed by atoms with E-state index in [9.17, 15) is 14.4 Å². The summed E-state index contributed by atoms with van der Waals surface area (Å²) in [7, 11) is 0. The van der Waals surface area contributed by atoms with Gasteiger partial charge in [-0.15, -0.1) is 0 Å². The molecule has 38 heavy (non-hydrogen) atoms. The highest BCUT2D eigenvalue weighted by Gasteiger charge is 2.14. The van der Waals surface area contributed by atoms with Crippen molar-refractivity contribution in [1.82, 2.24) is 10.7 Å². The highest BCUT2D eigenvalue weighted by Crippen LogP contribution is 2.27. The van der Waals surface area contributed by atoms with Crippen molar-refractivity contribution in [2.24, 2.45) is 5.10 Å². The van der Waals surface area contributed by atoms with E-state index in [0.717, 1.165) is 10.8 Å². The van der Waals surface area contributed by atoms with Gasteiger partial charge in [0.05, 0.1) is 24.9 Å². The third-order valence-corrected chi connectivity index (χ3v) is 5.69. The van der Waals surface area contributed by atoms with Gasteiger partial charge in [-0.2, -0.15) is 5.10 Å². The topological polar surface area (TPSA) is 106 Å². The van der Waals surface area contributed by atoms with Crippen LogP contribution in [0.15, 0.2) is 90.0 Å². The van der Waals surface area contributed by atoms with Crippen molar-refractivity contribution in [3.8, 4) is 11.5 Å². The number of hydrazone groups is 1. The quantitative estimate of drug-likeness (QED) is 0.137. The molecule has 2 amide bonds. The van der Waals surface area contributed by atoms with Gasteiger partial charge in [-0.05, 0) is 72.3 Å². The van der Waals surface area contributed by atoms with E-state index in [0.29, 0.717) is 34.1 Å². The minimum atomic E-state index is -0.562. The predicted octanol–water partition coefficient (Wildman–Crippen LogP) is 4.99. The SMILES string of the molecule is CCOc1ccc(C(=O)NCC(=O)N/N=C/c2c(OC(=O)c3ccc(Cl)cc3)ccc3ccccc23)cc1. The van der Waals surface area contributed by atoms with Gasteiger partial charge < -0.3 is 14.8 Å². The number of benzene rings is 4. The number of fused-ring (bicyclic) bond motifs is 1. The smallest absolute Gasteiger partial charge is 0.343 e. The Bertz CT molecular complexity index is 1480. The molecular formula is C29H24ClN3O5. The van der Waals surface area contributed by atoms with Crippen LogP contribution >= 0.6 is 11.6 Å². The third kappa shape index (κ3) is 6.74. The van der Waals surface area contributed by atoms with Crippen LogP contribution in [-0.2, 0) is 4.79 Å². The van der Waals surface area contributed by atoms with Gasteiger partial charge in [0.25, 0.3) is 11.8 Å². The van der Waals surface area contributed by atoms with Crippen molar-refractivity contribution >= 4 is 46.4 Å². The lowest BCUT2D eigenvalue weighted by molar-refractivity contribution is -0.120. The number of amides is 2. The fraction of sp³-hybridized carbons (Fsp3) is 0.103. The van der Waals surface area contributed by atoms with E-state index in [1.165, 1.54) is 6.21 Å². The summed E-state index contributed by atoms with van der Waals surface area (Å²) in [6.07, 6.45) is 1.40. The van der Waals surface area contributed by atoms with Crippen molar-refractivity contribution in [3.63, 3.8) is 0 Å². The Hall–Kier alpha value is -4.69. The molecule has 0 aliphatic rings. The van der Waals surface area contributed by atoms with Gasteiger partial charge in [0.2, 0.25) is 0 Å². The molecule has 0 atom stereocenters. The Morgan fingerprint density at radius 2 is 1.61 bits per heavy atom. The normalized spacial score (nSPS) is 10.8. The zero-order valence-corrected chi connectivity index (χ0v) is 21.2. The Morgan fingerprint density at radius 1 is 0.895 bits per heavy atom. The van der Waals surface area contributed by atoms with Crippen LogP contribution in [-0.4, -0.2) is 37.1 Å². The Balaban J connectivity index is 1.43. The maximum absolute atomic E-state index is 12.7. The predicted molar refractivity (Wildman–Crippen MR) is 146 cm³/mol. The molecule has 0 spiro atoms. The van der Waals surface area contributed by atoms with Gasteiger partial charge in [0.15, 0.2) is 0 Å². The lowest BCUT2D eigenvalue weighted by Gasteiger charge is -2.11. The first-order valence-corrected chi connectivity index (χ1v) is 12.1. The second-order valence-electron chi connectivity index (χ2n) is 8.03. The molecule has 0 saturated carbocycles. The fourth-order valence-electron chi connectivity index (χ4n) is 3.58. The van der Waals surface area contributed by atoms with Crippen LogP contribution in [0.1, 0.15) is 33.2 Å². The molecular weight excluding hydrogens is 506 g/mol. The molecule has 8 nitrogen and oxygen atoms in total. The molecule has 0 fully saturated rings. The molecule has 0 unspecified atom stereocenters. The van der Waals surface area contributed by atoms with E-state index in [4.69, 9.17) is 21.1 Å². The van der Waals surface area contributed by atoms with Gasteiger partial charge in [-0.3, -0.25) is 9.59 Å². The van der Waals surface area contributed by atoms with Gasteiger partial charge in [0, 0.05) is 16.1 Å². The summed E-state index contributed by atoms with van der Waals surface area (Å²) in [6, 6.07) is 23.9. The highest BCUT2D eigenvalue weighted by molar-refractivity contribution is 6.30. The van der Waals surface area contributed by atoms with E-state index in [2.05, 4.69) is 15.8 Å². The highest BCUT2D eigenvalue weighted by atomic mass is 35.5. The molecule has 0 saturated heterocycles. The number of halogens is 1. The van der Waals surface area contributed by atoms with Gasteiger partial charge >= 0.3 is 5.97 Å². The number of carbonyl (C=O) groups is 3. The largest absolute Gasteiger partial charge is 0.494 e. The van der Waals surface area contributed by atoms with Crippen molar-refractivity contribution in [1.29, 1.82) is 0 Å². The number of hydrogen-bond acceptors (Lipinski definition) is 6. The average molecular weight is 530 g/mol. The van der Waals surface area contributed by atoms with Crippen molar-refractivity contribution in [3.05, 3.63) is 107 Å². The molecule has 0 aliphatic heterocycles. The van der Waals surface area contributed by atoms with E-state index >= 15 is 0 Å². The molecule has 0 radical (unpaired) electrons. The minimum absolute atomic E-state index is 0.269. The number of ether oxygens (including phenoxy) is 2. The Labute approximate surface area is 224 Å². The van der Waals surface area contributed by atoms with E-state index in [1.807, 2.05) is 37.3 Å². The molecule has 0 bridgehead atoms. The molecule has 2 N–H and O–H groups in total. The summed E-state index contributed by atoms with van der Waals surface area (Å²) in [5.74, 6) is -0.570. The number of esters is 1. The third-order valence-electron chi connectivity index (χ3n) is 5.43. The number of nitrogens with one attached hydrogen (secondary N) is 2. The van der Waals surface area contributed by atoms with E-state index in [1.54, 1.807) is 54.6 Å². The standard InChI is InChI=1S/C29H24ClN3O5/c1-2-37-23-14-9-20(10-15-23)28(35)31-18-27(34)33-32-17-25-24-6-4-3-5-19(24)11-16-26(25)38-29(36)21-7-12-22(30)13-8-21/h3-17H,2,18H2,1H3,(H,31,35)(H,33,34)/b32-17+. The average Bonchev–Trinajstić information content (AvgIpc) is 2.93. The number of rotatable bonds is 9. The summed E-state index contributed by atoms with van der Waals surface area (Å²) >= 11 is 5.91. The molecule has 0 heterocycles. The fourth-order valence-corrected chi connectivity index (χ4v) is 3.71. The lowest BCUT2D eigenvalue weighted by atomic mass is 10.0. The molecule has 192 valence electrons. The molecule has 4 aromatic carbocycles.